The van der Waals surface area contributed by atoms with E-state index in [1.807, 2.05) is 12.2 Å². The average molecular weight is 357 g/mol. The van der Waals surface area contributed by atoms with Gasteiger partial charge < -0.3 is 0 Å². The molecule has 0 N–H and O–H groups in total. The molecule has 1 aliphatic rings. The highest BCUT2D eigenvalue weighted by atomic mass is 16.1. The molecule has 26 heavy (non-hydrogen) atoms. The van der Waals surface area contributed by atoms with E-state index in [4.69, 9.17) is 0 Å². The van der Waals surface area contributed by atoms with Crippen LogP contribution in [-0.2, 0) is 9.59 Å². The average Bonchev–Trinajstić information content (AvgIpc) is 2.64. The summed E-state index contributed by atoms with van der Waals surface area (Å²) >= 11 is 0. The molecule has 0 fully saturated rings. The topological polar surface area (TPSA) is 58.9 Å². The van der Waals surface area contributed by atoms with Crippen molar-refractivity contribution in [3.63, 3.8) is 0 Å². The number of aliphatic imine (C=N–C) groups is 2. The molecule has 4 heteroatoms. The lowest BCUT2D eigenvalue weighted by atomic mass is 9.76. The summed E-state index contributed by atoms with van der Waals surface area (Å²) in [5.74, 6) is 0.0141. The van der Waals surface area contributed by atoms with E-state index in [0.29, 0.717) is 0 Å². The highest BCUT2D eigenvalue weighted by Gasteiger charge is 2.33. The molecular weight excluding hydrogens is 324 g/mol. The predicted octanol–water partition coefficient (Wildman–Crippen LogP) is 5.47. The maximum absolute atomic E-state index is 10.8. The molecule has 142 valence electrons. The number of carbonyl (C=O) groups excluding carboxylic acids is 2. The minimum absolute atomic E-state index is 0.00704. The molecule has 0 heterocycles. The highest BCUT2D eigenvalue weighted by Crippen LogP contribution is 2.32. The van der Waals surface area contributed by atoms with Crippen molar-refractivity contribution >= 4 is 12.2 Å². The maximum Gasteiger partial charge on any atom is 0.235 e. The molecule has 0 bridgehead atoms. The van der Waals surface area contributed by atoms with Crippen LogP contribution >= 0.6 is 0 Å². The quantitative estimate of drug-likeness (QED) is 0.201. The smallest absolute Gasteiger partial charge is 0.211 e. The first kappa shape index (κ1) is 22.0. The van der Waals surface area contributed by atoms with Crippen molar-refractivity contribution < 1.29 is 9.59 Å². The zero-order chi connectivity index (χ0) is 19.0. The number of isocyanates is 2. The van der Waals surface area contributed by atoms with E-state index in [9.17, 15) is 9.59 Å². The van der Waals surface area contributed by atoms with Gasteiger partial charge in [-0.1, -0.05) is 76.0 Å². The molecule has 0 aliphatic heterocycles. The molecule has 0 aromatic heterocycles. The molecule has 1 rings (SSSR count). The molecule has 0 radical (unpaired) electrons. The van der Waals surface area contributed by atoms with Crippen LogP contribution in [0.25, 0.3) is 0 Å². The van der Waals surface area contributed by atoms with Crippen LogP contribution in [0, 0.1) is 11.8 Å². The second-order valence-electron chi connectivity index (χ2n) is 6.81. The van der Waals surface area contributed by atoms with Gasteiger partial charge in [-0.05, 0) is 25.7 Å². The van der Waals surface area contributed by atoms with Crippen molar-refractivity contribution in [3.05, 3.63) is 36.5 Å². The van der Waals surface area contributed by atoms with Crippen LogP contribution in [0.4, 0.5) is 0 Å². The number of hydrogen-bond donors (Lipinski definition) is 0. The molecule has 4 nitrogen and oxygen atoms in total. The minimum Gasteiger partial charge on any atom is -0.211 e. The zero-order valence-electron chi connectivity index (χ0n) is 16.1. The summed E-state index contributed by atoms with van der Waals surface area (Å²) in [6, 6.07) is -0.503. The minimum atomic E-state index is -0.252. The Bertz CT molecular complexity index is 517. The zero-order valence-corrected chi connectivity index (χ0v) is 16.1. The van der Waals surface area contributed by atoms with Gasteiger partial charge in [-0.25, -0.2) is 9.59 Å². The molecular formula is C22H32N2O2. The molecule has 4 unspecified atom stereocenters. The monoisotopic (exact) mass is 356 g/mol. The Hall–Kier alpha value is -2.02. The number of allylic oxidation sites excluding steroid dienone is 2. The largest absolute Gasteiger partial charge is 0.235 e. The molecule has 1 aliphatic carbocycles. The number of nitrogens with zero attached hydrogens (tertiary/aromatic N) is 2. The lowest BCUT2D eigenvalue weighted by Crippen LogP contribution is -2.33. The van der Waals surface area contributed by atoms with Crippen LogP contribution in [0.2, 0.25) is 0 Å². The second kappa shape index (κ2) is 14.2. The Morgan fingerprint density at radius 2 is 1.19 bits per heavy atom. The van der Waals surface area contributed by atoms with Crippen LogP contribution in [0.15, 0.2) is 46.4 Å². The fourth-order valence-corrected chi connectivity index (χ4v) is 3.33. The third-order valence-corrected chi connectivity index (χ3v) is 4.81. The lowest BCUT2D eigenvalue weighted by Gasteiger charge is -2.32. The van der Waals surface area contributed by atoms with Crippen molar-refractivity contribution in [1.82, 2.24) is 0 Å². The summed E-state index contributed by atoms with van der Waals surface area (Å²) in [6.45, 7) is 4.37. The van der Waals surface area contributed by atoms with Gasteiger partial charge in [0.15, 0.2) is 0 Å². The molecule has 0 spiro atoms. The van der Waals surface area contributed by atoms with E-state index in [0.717, 1.165) is 25.7 Å². The summed E-state index contributed by atoms with van der Waals surface area (Å²) in [4.78, 5) is 29.6. The van der Waals surface area contributed by atoms with Gasteiger partial charge in [0, 0.05) is 11.8 Å². The van der Waals surface area contributed by atoms with E-state index in [1.54, 1.807) is 12.2 Å². The summed E-state index contributed by atoms with van der Waals surface area (Å²) in [5.41, 5.74) is 0. The van der Waals surface area contributed by atoms with E-state index in [2.05, 4.69) is 48.1 Å². The van der Waals surface area contributed by atoms with Gasteiger partial charge in [-0.15, -0.1) is 0 Å². The highest BCUT2D eigenvalue weighted by molar-refractivity contribution is 5.38. The van der Waals surface area contributed by atoms with Crippen LogP contribution in [-0.4, -0.2) is 24.2 Å². The van der Waals surface area contributed by atoms with Gasteiger partial charge in [0.05, 0.1) is 12.1 Å². The molecule has 0 saturated carbocycles. The first-order valence-corrected chi connectivity index (χ1v) is 9.94. The van der Waals surface area contributed by atoms with Crippen LogP contribution in [0.5, 0.6) is 0 Å². The van der Waals surface area contributed by atoms with Gasteiger partial charge in [0.25, 0.3) is 0 Å². The Labute approximate surface area is 157 Å². The summed E-state index contributed by atoms with van der Waals surface area (Å²) in [6.07, 6.45) is 24.9. The van der Waals surface area contributed by atoms with Crippen molar-refractivity contribution in [2.45, 2.75) is 77.3 Å². The summed E-state index contributed by atoms with van der Waals surface area (Å²) in [5, 5.41) is 0. The fourth-order valence-electron chi connectivity index (χ4n) is 3.33. The van der Waals surface area contributed by atoms with Crippen molar-refractivity contribution in [1.29, 1.82) is 0 Å². The Balaban J connectivity index is 2.95. The summed E-state index contributed by atoms with van der Waals surface area (Å²) < 4.78 is 0. The van der Waals surface area contributed by atoms with Crippen molar-refractivity contribution in [2.24, 2.45) is 21.8 Å². The Morgan fingerprint density at radius 1 is 0.769 bits per heavy atom. The van der Waals surface area contributed by atoms with Crippen molar-refractivity contribution in [2.75, 3.05) is 0 Å². The number of unbranched alkanes of at least 4 members (excludes halogenated alkanes) is 6. The van der Waals surface area contributed by atoms with Crippen LogP contribution < -0.4 is 0 Å². The van der Waals surface area contributed by atoms with Gasteiger partial charge in [-0.3, -0.25) is 0 Å². The van der Waals surface area contributed by atoms with Gasteiger partial charge in [0.1, 0.15) is 0 Å². The van der Waals surface area contributed by atoms with Gasteiger partial charge >= 0.3 is 0 Å². The number of rotatable bonds is 12. The summed E-state index contributed by atoms with van der Waals surface area (Å²) in [7, 11) is 0. The lowest BCUT2D eigenvalue weighted by molar-refractivity contribution is 0.382. The van der Waals surface area contributed by atoms with Crippen molar-refractivity contribution in [3.8, 4) is 0 Å². The Morgan fingerprint density at radius 3 is 1.54 bits per heavy atom. The fraction of sp³-hybridized carbons (Fsp3) is 0.636. The van der Waals surface area contributed by atoms with Gasteiger partial charge in [0.2, 0.25) is 12.2 Å². The van der Waals surface area contributed by atoms with E-state index < -0.39 is 0 Å². The molecule has 0 aromatic rings. The van der Waals surface area contributed by atoms with Crippen LogP contribution in [0.1, 0.15) is 65.2 Å². The molecule has 0 amide bonds. The van der Waals surface area contributed by atoms with E-state index >= 15 is 0 Å². The molecule has 4 atom stereocenters. The molecule has 0 aromatic carbocycles. The first-order valence-electron chi connectivity index (χ1n) is 9.94. The second-order valence-corrected chi connectivity index (χ2v) is 6.81. The third kappa shape index (κ3) is 7.91. The SMILES string of the molecule is CCCCC/C=C/C1C(N=C=O)C=CC(N=C=O)C1/C=C/CCCCC. The first-order chi connectivity index (χ1) is 12.8. The van der Waals surface area contributed by atoms with Crippen LogP contribution in [0.3, 0.4) is 0 Å². The maximum atomic E-state index is 10.8. The standard InChI is InChI=1S/C22H32N2O2/c1-3-5-7-9-11-13-19-20(14-12-10-8-6-4-2)22(24-18-26)16-15-21(19)23-17-25/h11-16,19-22H,3-10H2,1-2H3/b13-11+,14-12+. The molecule has 0 saturated heterocycles. The third-order valence-electron chi connectivity index (χ3n) is 4.81. The van der Waals surface area contributed by atoms with Gasteiger partial charge in [-0.2, -0.15) is 9.98 Å². The van der Waals surface area contributed by atoms with E-state index in [1.165, 1.54) is 25.7 Å². The number of hydrogen-bond acceptors (Lipinski definition) is 4. The normalized spacial score (nSPS) is 25.3. The predicted molar refractivity (Wildman–Crippen MR) is 107 cm³/mol. The Kier molecular flexibility index (Phi) is 12.0. The van der Waals surface area contributed by atoms with E-state index in [-0.39, 0.29) is 23.9 Å².